The highest BCUT2D eigenvalue weighted by atomic mass is 127. The molecule has 1 aliphatic rings. The Morgan fingerprint density at radius 3 is 3.09 bits per heavy atom. The third kappa shape index (κ3) is 3.87. The highest BCUT2D eigenvalue weighted by Crippen LogP contribution is 2.31. The predicted octanol–water partition coefficient (Wildman–Crippen LogP) is 1.36. The molecule has 0 saturated carbocycles. The standard InChI is InChI=1S/C14H18N6O.HI/c1-20-9-17-13(19-20)8-16-14(15)18-11-6-7-21-12-5-3-2-4-10(11)12;/h2-5,9,11H,6-8H2,1H3,(H3,15,16,18);1H. The monoisotopic (exact) mass is 414 g/mol. The van der Waals surface area contributed by atoms with Gasteiger partial charge in [0.2, 0.25) is 0 Å². The molecule has 1 aromatic heterocycles. The number of ether oxygens (including phenoxy) is 1. The Hall–Kier alpha value is -1.84. The number of rotatable bonds is 3. The Labute approximate surface area is 146 Å². The number of nitrogens with one attached hydrogen (secondary N) is 1. The van der Waals surface area contributed by atoms with E-state index in [0.717, 1.165) is 17.7 Å². The topological polar surface area (TPSA) is 90.4 Å². The smallest absolute Gasteiger partial charge is 0.189 e. The van der Waals surface area contributed by atoms with Crippen LogP contribution in [0.25, 0.3) is 0 Å². The maximum Gasteiger partial charge on any atom is 0.189 e. The summed E-state index contributed by atoms with van der Waals surface area (Å²) in [7, 11) is 1.82. The van der Waals surface area contributed by atoms with Crippen LogP contribution in [0.4, 0.5) is 0 Å². The lowest BCUT2D eigenvalue weighted by Crippen LogP contribution is -2.37. The molecule has 2 aromatic rings. The van der Waals surface area contributed by atoms with Gasteiger partial charge >= 0.3 is 0 Å². The molecule has 1 unspecified atom stereocenters. The first-order valence-corrected chi connectivity index (χ1v) is 6.85. The maximum absolute atomic E-state index is 5.95. The number of aromatic nitrogens is 3. The molecule has 8 heteroatoms. The van der Waals surface area contributed by atoms with E-state index in [1.807, 2.05) is 31.3 Å². The van der Waals surface area contributed by atoms with Gasteiger partial charge in [0.15, 0.2) is 11.8 Å². The van der Waals surface area contributed by atoms with Gasteiger partial charge in [0.1, 0.15) is 18.6 Å². The van der Waals surface area contributed by atoms with Gasteiger partial charge in [-0.3, -0.25) is 4.68 Å². The van der Waals surface area contributed by atoms with Crippen molar-refractivity contribution in [2.45, 2.75) is 19.0 Å². The Morgan fingerprint density at radius 2 is 2.32 bits per heavy atom. The molecule has 0 bridgehead atoms. The Bertz CT molecular complexity index is 656. The molecule has 2 heterocycles. The normalized spacial score (nSPS) is 17.1. The third-order valence-electron chi connectivity index (χ3n) is 3.32. The van der Waals surface area contributed by atoms with Gasteiger partial charge in [0, 0.05) is 19.0 Å². The van der Waals surface area contributed by atoms with E-state index in [0.29, 0.717) is 24.9 Å². The number of halogens is 1. The van der Waals surface area contributed by atoms with Crippen LogP contribution < -0.4 is 15.8 Å². The number of aryl methyl sites for hydroxylation is 1. The number of fused-ring (bicyclic) bond motifs is 1. The van der Waals surface area contributed by atoms with Crippen LogP contribution in [-0.4, -0.2) is 27.3 Å². The van der Waals surface area contributed by atoms with Crippen LogP contribution >= 0.6 is 24.0 Å². The molecule has 0 aliphatic carbocycles. The second kappa shape index (κ2) is 7.43. The van der Waals surface area contributed by atoms with E-state index in [4.69, 9.17) is 10.5 Å². The van der Waals surface area contributed by atoms with Crippen molar-refractivity contribution in [1.29, 1.82) is 0 Å². The number of aliphatic imine (C=N–C) groups is 1. The van der Waals surface area contributed by atoms with Crippen molar-refractivity contribution < 1.29 is 4.74 Å². The zero-order chi connectivity index (χ0) is 14.7. The van der Waals surface area contributed by atoms with E-state index < -0.39 is 0 Å². The SMILES string of the molecule is Cn1cnc(CN=C(N)NC2CCOc3ccccc32)n1.I. The summed E-state index contributed by atoms with van der Waals surface area (Å²) in [4.78, 5) is 8.39. The van der Waals surface area contributed by atoms with Gasteiger partial charge in [0.05, 0.1) is 12.6 Å². The van der Waals surface area contributed by atoms with Crippen LogP contribution in [0.1, 0.15) is 23.9 Å². The molecule has 118 valence electrons. The van der Waals surface area contributed by atoms with Crippen LogP contribution in [-0.2, 0) is 13.6 Å². The highest BCUT2D eigenvalue weighted by Gasteiger charge is 2.21. The van der Waals surface area contributed by atoms with Crippen molar-refractivity contribution in [2.75, 3.05) is 6.61 Å². The molecule has 7 nitrogen and oxygen atoms in total. The zero-order valence-corrected chi connectivity index (χ0v) is 14.6. The molecule has 0 amide bonds. The van der Waals surface area contributed by atoms with Gasteiger partial charge in [-0.25, -0.2) is 9.98 Å². The molecule has 0 spiro atoms. The fourth-order valence-electron chi connectivity index (χ4n) is 2.33. The van der Waals surface area contributed by atoms with E-state index >= 15 is 0 Å². The first-order chi connectivity index (χ1) is 10.2. The van der Waals surface area contributed by atoms with Gasteiger partial charge < -0.3 is 15.8 Å². The van der Waals surface area contributed by atoms with E-state index in [-0.39, 0.29) is 30.0 Å². The molecule has 1 aliphatic heterocycles. The summed E-state index contributed by atoms with van der Waals surface area (Å²) in [5.41, 5.74) is 7.06. The van der Waals surface area contributed by atoms with Gasteiger partial charge in [0.25, 0.3) is 0 Å². The van der Waals surface area contributed by atoms with Crippen molar-refractivity contribution in [1.82, 2.24) is 20.1 Å². The van der Waals surface area contributed by atoms with E-state index in [1.165, 1.54) is 0 Å². The van der Waals surface area contributed by atoms with E-state index in [9.17, 15) is 0 Å². The minimum atomic E-state index is 0. The molecule has 0 saturated heterocycles. The number of nitrogens with zero attached hydrogens (tertiary/aromatic N) is 4. The molecule has 3 rings (SSSR count). The maximum atomic E-state index is 5.95. The van der Waals surface area contributed by atoms with Crippen molar-refractivity contribution in [3.63, 3.8) is 0 Å². The number of hydrogen-bond acceptors (Lipinski definition) is 4. The molecular formula is C14H19IN6O. The van der Waals surface area contributed by atoms with Crippen molar-refractivity contribution >= 4 is 29.9 Å². The fourth-order valence-corrected chi connectivity index (χ4v) is 2.33. The van der Waals surface area contributed by atoms with E-state index in [1.54, 1.807) is 11.0 Å². The summed E-state index contributed by atoms with van der Waals surface area (Å²) in [5, 5.41) is 7.40. The van der Waals surface area contributed by atoms with Gasteiger partial charge in [-0.2, -0.15) is 5.10 Å². The fraction of sp³-hybridized carbons (Fsp3) is 0.357. The number of hydrogen-bond donors (Lipinski definition) is 2. The second-order valence-electron chi connectivity index (χ2n) is 4.91. The molecule has 1 aromatic carbocycles. The van der Waals surface area contributed by atoms with Crippen LogP contribution in [0.5, 0.6) is 5.75 Å². The molecule has 0 radical (unpaired) electrons. The quantitative estimate of drug-likeness (QED) is 0.450. The Kier molecular flexibility index (Phi) is 5.58. The molecule has 3 N–H and O–H groups in total. The van der Waals surface area contributed by atoms with Crippen LogP contribution in [0.3, 0.4) is 0 Å². The van der Waals surface area contributed by atoms with E-state index in [2.05, 4.69) is 20.4 Å². The number of benzene rings is 1. The minimum absolute atomic E-state index is 0. The summed E-state index contributed by atoms with van der Waals surface area (Å²) in [6, 6.07) is 8.09. The summed E-state index contributed by atoms with van der Waals surface area (Å²) >= 11 is 0. The first kappa shape index (κ1) is 16.5. The highest BCUT2D eigenvalue weighted by molar-refractivity contribution is 14.0. The average Bonchev–Trinajstić information content (AvgIpc) is 2.91. The van der Waals surface area contributed by atoms with Crippen LogP contribution in [0.15, 0.2) is 35.6 Å². The number of para-hydroxylation sites is 1. The Balaban J connectivity index is 0.00000176. The first-order valence-electron chi connectivity index (χ1n) is 6.85. The summed E-state index contributed by atoms with van der Waals surface area (Å²) < 4.78 is 7.27. The van der Waals surface area contributed by atoms with Gasteiger partial charge in [-0.1, -0.05) is 18.2 Å². The van der Waals surface area contributed by atoms with Crippen molar-refractivity contribution in [3.05, 3.63) is 42.0 Å². The number of guanidine groups is 1. The van der Waals surface area contributed by atoms with Crippen LogP contribution in [0, 0.1) is 0 Å². The lowest BCUT2D eigenvalue weighted by molar-refractivity contribution is 0.262. The summed E-state index contributed by atoms with van der Waals surface area (Å²) in [5.74, 6) is 1.94. The zero-order valence-electron chi connectivity index (χ0n) is 12.3. The largest absolute Gasteiger partial charge is 0.493 e. The van der Waals surface area contributed by atoms with Crippen molar-refractivity contribution in [2.24, 2.45) is 17.8 Å². The Morgan fingerprint density at radius 1 is 1.50 bits per heavy atom. The molecule has 22 heavy (non-hydrogen) atoms. The lowest BCUT2D eigenvalue weighted by atomic mass is 10.0. The van der Waals surface area contributed by atoms with Gasteiger partial charge in [-0.15, -0.1) is 24.0 Å². The van der Waals surface area contributed by atoms with Crippen LogP contribution in [0.2, 0.25) is 0 Å². The number of nitrogens with two attached hydrogens (primary N) is 1. The van der Waals surface area contributed by atoms with Gasteiger partial charge in [-0.05, 0) is 6.07 Å². The second-order valence-corrected chi connectivity index (χ2v) is 4.91. The summed E-state index contributed by atoms with van der Waals surface area (Å²) in [6.07, 6.45) is 2.50. The minimum Gasteiger partial charge on any atom is -0.493 e. The lowest BCUT2D eigenvalue weighted by Gasteiger charge is -2.26. The third-order valence-corrected chi connectivity index (χ3v) is 3.32. The summed E-state index contributed by atoms with van der Waals surface area (Å²) in [6.45, 7) is 1.04. The molecule has 1 atom stereocenters. The molecular weight excluding hydrogens is 395 g/mol. The van der Waals surface area contributed by atoms with Crippen molar-refractivity contribution in [3.8, 4) is 5.75 Å². The average molecular weight is 414 g/mol. The molecule has 0 fully saturated rings. The predicted molar refractivity (Wildman–Crippen MR) is 94.2 cm³/mol.